The molecule has 14 heavy (non-hydrogen) atoms. The van der Waals surface area contributed by atoms with Gasteiger partial charge in [0.05, 0.1) is 0 Å². The lowest BCUT2D eigenvalue weighted by molar-refractivity contribution is 0.296. The van der Waals surface area contributed by atoms with Crippen LogP contribution in [0.1, 0.15) is 58.8 Å². The summed E-state index contributed by atoms with van der Waals surface area (Å²) in [6, 6.07) is 0.836. The van der Waals surface area contributed by atoms with Crippen LogP contribution in [0.4, 0.5) is 0 Å². The van der Waals surface area contributed by atoms with E-state index in [-0.39, 0.29) is 0 Å². The Balaban J connectivity index is 1.71. The molecule has 0 aromatic heterocycles. The van der Waals surface area contributed by atoms with Crippen molar-refractivity contribution >= 4 is 0 Å². The second kappa shape index (κ2) is 4.22. The molecule has 2 aliphatic rings. The highest BCUT2D eigenvalue weighted by Gasteiger charge is 2.30. The molecule has 1 nitrogen and oxygen atoms in total. The molecule has 0 radical (unpaired) electrons. The van der Waals surface area contributed by atoms with Crippen LogP contribution < -0.4 is 5.32 Å². The van der Waals surface area contributed by atoms with Gasteiger partial charge < -0.3 is 5.32 Å². The van der Waals surface area contributed by atoms with Crippen LogP contribution in [0.2, 0.25) is 0 Å². The van der Waals surface area contributed by atoms with E-state index >= 15 is 0 Å². The molecule has 2 rings (SSSR count). The Hall–Kier alpha value is -0.0400. The van der Waals surface area contributed by atoms with Gasteiger partial charge in [0.2, 0.25) is 0 Å². The predicted octanol–water partition coefficient (Wildman–Crippen LogP) is 3.34. The highest BCUT2D eigenvalue weighted by Crippen LogP contribution is 2.37. The van der Waals surface area contributed by atoms with Crippen molar-refractivity contribution in [3.63, 3.8) is 0 Å². The van der Waals surface area contributed by atoms with Crippen LogP contribution in [-0.2, 0) is 0 Å². The van der Waals surface area contributed by atoms with Crippen molar-refractivity contribution in [3.8, 4) is 0 Å². The fraction of sp³-hybridized carbons (Fsp3) is 1.00. The maximum Gasteiger partial charge on any atom is 0.00699 e. The average molecular weight is 195 g/mol. The van der Waals surface area contributed by atoms with E-state index in [9.17, 15) is 0 Å². The van der Waals surface area contributed by atoms with Gasteiger partial charge in [-0.25, -0.2) is 0 Å². The maximum absolute atomic E-state index is 3.79. The van der Waals surface area contributed by atoms with Crippen molar-refractivity contribution in [1.82, 2.24) is 5.32 Å². The lowest BCUT2D eigenvalue weighted by atomic mass is 9.88. The number of rotatable bonds is 3. The van der Waals surface area contributed by atoms with Crippen LogP contribution in [0.3, 0.4) is 0 Å². The minimum Gasteiger partial charge on any atom is -0.313 e. The molecule has 0 heterocycles. The Bertz CT molecular complexity index is 182. The molecule has 1 N–H and O–H groups in total. The van der Waals surface area contributed by atoms with E-state index in [0.717, 1.165) is 12.0 Å². The zero-order valence-corrected chi connectivity index (χ0v) is 9.81. The number of hydrogen-bond acceptors (Lipinski definition) is 1. The third-order valence-corrected chi connectivity index (χ3v) is 4.32. The van der Waals surface area contributed by atoms with Gasteiger partial charge in [0.1, 0.15) is 0 Å². The van der Waals surface area contributed by atoms with Crippen LogP contribution in [0.5, 0.6) is 0 Å². The van der Waals surface area contributed by atoms with Gasteiger partial charge in [0.15, 0.2) is 0 Å². The van der Waals surface area contributed by atoms with Gasteiger partial charge in [-0.05, 0) is 43.4 Å². The molecular weight excluding hydrogens is 170 g/mol. The normalized spacial score (nSPS) is 36.4. The molecule has 82 valence electrons. The van der Waals surface area contributed by atoms with E-state index in [2.05, 4.69) is 19.2 Å². The first-order valence-electron chi connectivity index (χ1n) is 6.41. The molecule has 2 fully saturated rings. The summed E-state index contributed by atoms with van der Waals surface area (Å²) in [6.45, 7) is 6.12. The Labute approximate surface area is 88.7 Å². The van der Waals surface area contributed by atoms with Gasteiger partial charge in [0.25, 0.3) is 0 Å². The lowest BCUT2D eigenvalue weighted by Crippen LogP contribution is -2.35. The van der Waals surface area contributed by atoms with Gasteiger partial charge in [-0.15, -0.1) is 0 Å². The molecule has 2 saturated carbocycles. The van der Waals surface area contributed by atoms with Gasteiger partial charge in [-0.2, -0.15) is 0 Å². The third kappa shape index (κ3) is 2.50. The van der Waals surface area contributed by atoms with E-state index in [0.29, 0.717) is 5.41 Å². The van der Waals surface area contributed by atoms with Crippen LogP contribution in [-0.4, -0.2) is 12.6 Å². The minimum absolute atomic E-state index is 0.631. The average Bonchev–Trinajstić information content (AvgIpc) is 2.73. The quantitative estimate of drug-likeness (QED) is 0.728. The summed E-state index contributed by atoms with van der Waals surface area (Å²) in [6.07, 6.45) is 10.1. The third-order valence-electron chi connectivity index (χ3n) is 4.32. The zero-order valence-electron chi connectivity index (χ0n) is 9.81. The molecule has 2 atom stereocenters. The Morgan fingerprint density at radius 3 is 2.50 bits per heavy atom. The minimum atomic E-state index is 0.631. The van der Waals surface area contributed by atoms with Crippen molar-refractivity contribution in [3.05, 3.63) is 0 Å². The monoisotopic (exact) mass is 195 g/mol. The van der Waals surface area contributed by atoms with Crippen molar-refractivity contribution in [2.45, 2.75) is 64.8 Å². The number of nitrogens with one attached hydrogen (secondary N) is 1. The van der Waals surface area contributed by atoms with Crippen LogP contribution in [0.25, 0.3) is 0 Å². The second-order valence-corrected chi connectivity index (χ2v) is 6.01. The molecule has 0 saturated heterocycles. The van der Waals surface area contributed by atoms with E-state index < -0.39 is 0 Å². The summed E-state index contributed by atoms with van der Waals surface area (Å²) in [5, 5.41) is 3.79. The van der Waals surface area contributed by atoms with Gasteiger partial charge >= 0.3 is 0 Å². The standard InChI is InChI=1S/C13H25N/c1-11-5-6-12(9-11)14-10-13(2)7-3-4-8-13/h11-12,14H,3-10H2,1-2H3. The summed E-state index contributed by atoms with van der Waals surface area (Å²) in [5.74, 6) is 0.962. The van der Waals surface area contributed by atoms with Crippen molar-refractivity contribution in [2.75, 3.05) is 6.54 Å². The first-order chi connectivity index (χ1) is 6.68. The second-order valence-electron chi connectivity index (χ2n) is 6.01. The SMILES string of the molecule is CC1CCC(NCC2(C)CCCC2)C1. The zero-order chi connectivity index (χ0) is 10.0. The topological polar surface area (TPSA) is 12.0 Å². The van der Waals surface area contributed by atoms with Crippen molar-refractivity contribution in [1.29, 1.82) is 0 Å². The molecule has 0 aromatic carbocycles. The summed E-state index contributed by atoms with van der Waals surface area (Å²) in [7, 11) is 0. The van der Waals surface area contributed by atoms with E-state index in [1.807, 2.05) is 0 Å². The first kappa shape index (κ1) is 10.5. The van der Waals surface area contributed by atoms with E-state index in [4.69, 9.17) is 0 Å². The van der Waals surface area contributed by atoms with Gasteiger partial charge in [0, 0.05) is 12.6 Å². The highest BCUT2D eigenvalue weighted by atomic mass is 14.9. The fourth-order valence-corrected chi connectivity index (χ4v) is 3.19. The molecule has 1 heteroatoms. The first-order valence-corrected chi connectivity index (χ1v) is 6.41. The smallest absolute Gasteiger partial charge is 0.00699 e. The summed E-state index contributed by atoms with van der Waals surface area (Å²) < 4.78 is 0. The Morgan fingerprint density at radius 1 is 1.21 bits per heavy atom. The van der Waals surface area contributed by atoms with Crippen LogP contribution in [0.15, 0.2) is 0 Å². The predicted molar refractivity (Wildman–Crippen MR) is 61.4 cm³/mol. The van der Waals surface area contributed by atoms with Crippen LogP contribution >= 0.6 is 0 Å². The molecule has 2 aliphatic carbocycles. The molecular formula is C13H25N. The van der Waals surface area contributed by atoms with E-state index in [1.54, 1.807) is 0 Å². The van der Waals surface area contributed by atoms with Crippen LogP contribution in [0, 0.1) is 11.3 Å². The maximum atomic E-state index is 3.79. The Kier molecular flexibility index (Phi) is 3.16. The van der Waals surface area contributed by atoms with Gasteiger partial charge in [-0.1, -0.05) is 26.7 Å². The molecule has 0 amide bonds. The number of hydrogen-bond donors (Lipinski definition) is 1. The summed E-state index contributed by atoms with van der Waals surface area (Å²) >= 11 is 0. The summed E-state index contributed by atoms with van der Waals surface area (Å²) in [5.41, 5.74) is 0.631. The Morgan fingerprint density at radius 2 is 1.93 bits per heavy atom. The lowest BCUT2D eigenvalue weighted by Gasteiger charge is -2.26. The molecule has 0 aromatic rings. The summed E-state index contributed by atoms with van der Waals surface area (Å²) in [4.78, 5) is 0. The van der Waals surface area contributed by atoms with Crippen molar-refractivity contribution < 1.29 is 0 Å². The largest absolute Gasteiger partial charge is 0.313 e. The molecule has 0 aliphatic heterocycles. The molecule has 0 bridgehead atoms. The molecule has 0 spiro atoms. The van der Waals surface area contributed by atoms with Crippen molar-refractivity contribution in [2.24, 2.45) is 11.3 Å². The highest BCUT2D eigenvalue weighted by molar-refractivity contribution is 4.86. The van der Waals surface area contributed by atoms with E-state index in [1.165, 1.54) is 51.5 Å². The van der Waals surface area contributed by atoms with Gasteiger partial charge in [-0.3, -0.25) is 0 Å². The molecule has 2 unspecified atom stereocenters. The fourth-order valence-electron chi connectivity index (χ4n) is 3.19.